The van der Waals surface area contributed by atoms with Crippen molar-refractivity contribution in [2.45, 2.75) is 39.8 Å². The fourth-order valence-electron chi connectivity index (χ4n) is 2.13. The zero-order chi connectivity index (χ0) is 19.0. The number of carbonyl (C=O) groups is 1. The van der Waals surface area contributed by atoms with Gasteiger partial charge in [-0.05, 0) is 60.0 Å². The van der Waals surface area contributed by atoms with Crippen LogP contribution in [0.25, 0.3) is 0 Å². The van der Waals surface area contributed by atoms with Gasteiger partial charge in [0.15, 0.2) is 0 Å². The predicted octanol–water partition coefficient (Wildman–Crippen LogP) is 3.07. The molecule has 0 fully saturated rings. The Bertz CT molecular complexity index is 607. The molecular formula is C18H30N4O3. The number of nitrogens with zero attached hydrogens (tertiary/aromatic N) is 2. The van der Waals surface area contributed by atoms with Gasteiger partial charge in [0.25, 0.3) is 0 Å². The van der Waals surface area contributed by atoms with Crippen molar-refractivity contribution in [3.63, 3.8) is 0 Å². The highest BCUT2D eigenvalue weighted by atomic mass is 16.6. The molecule has 0 saturated carbocycles. The lowest BCUT2D eigenvalue weighted by atomic mass is 10.1. The predicted molar refractivity (Wildman–Crippen MR) is 101 cm³/mol. The highest BCUT2D eigenvalue weighted by Gasteiger charge is 2.17. The van der Waals surface area contributed by atoms with Gasteiger partial charge in [0.1, 0.15) is 11.4 Å². The van der Waals surface area contributed by atoms with Crippen molar-refractivity contribution in [1.29, 1.82) is 0 Å². The van der Waals surface area contributed by atoms with E-state index in [0.717, 1.165) is 23.5 Å². The van der Waals surface area contributed by atoms with Crippen molar-refractivity contribution in [1.82, 2.24) is 10.2 Å². The van der Waals surface area contributed by atoms with Crippen LogP contribution >= 0.6 is 0 Å². The highest BCUT2D eigenvalue weighted by molar-refractivity contribution is 6.02. The number of rotatable bonds is 5. The first-order valence-electron chi connectivity index (χ1n) is 8.27. The van der Waals surface area contributed by atoms with E-state index in [4.69, 9.17) is 9.47 Å². The second kappa shape index (κ2) is 9.27. The van der Waals surface area contributed by atoms with Gasteiger partial charge in [0, 0.05) is 24.3 Å². The lowest BCUT2D eigenvalue weighted by molar-refractivity contribution is 0.0563. The fourth-order valence-corrected chi connectivity index (χ4v) is 2.13. The average molecular weight is 350 g/mol. The van der Waals surface area contributed by atoms with Gasteiger partial charge >= 0.3 is 6.09 Å². The number of methoxy groups -OCH3 is 1. The molecule has 1 aromatic rings. The van der Waals surface area contributed by atoms with Crippen LogP contribution in [0.2, 0.25) is 0 Å². The van der Waals surface area contributed by atoms with Crippen molar-refractivity contribution in [2.24, 2.45) is 4.99 Å². The summed E-state index contributed by atoms with van der Waals surface area (Å²) in [6.45, 7) is 8.59. The van der Waals surface area contributed by atoms with Gasteiger partial charge in [-0.3, -0.25) is 10.3 Å². The zero-order valence-corrected chi connectivity index (χ0v) is 16.3. The van der Waals surface area contributed by atoms with Gasteiger partial charge < -0.3 is 19.7 Å². The number of guanidine groups is 1. The number of ether oxygens (including phenoxy) is 2. The molecule has 0 heterocycles. The topological polar surface area (TPSA) is 75.2 Å². The van der Waals surface area contributed by atoms with Crippen molar-refractivity contribution in [3.8, 4) is 5.75 Å². The third kappa shape index (κ3) is 7.89. The lowest BCUT2D eigenvalue weighted by Gasteiger charge is -2.21. The molecule has 1 rings (SSSR count). The van der Waals surface area contributed by atoms with Gasteiger partial charge in [0.2, 0.25) is 5.96 Å². The van der Waals surface area contributed by atoms with Crippen LogP contribution < -0.4 is 15.4 Å². The molecule has 0 aromatic heterocycles. The molecule has 0 spiro atoms. The minimum Gasteiger partial charge on any atom is -0.496 e. The Morgan fingerprint density at radius 1 is 1.28 bits per heavy atom. The maximum Gasteiger partial charge on any atom is 0.414 e. The smallest absolute Gasteiger partial charge is 0.414 e. The number of hydrogen-bond acceptors (Lipinski definition) is 5. The quantitative estimate of drug-likeness (QED) is 0.630. The van der Waals surface area contributed by atoms with Crippen LogP contribution in [0.5, 0.6) is 5.75 Å². The first-order chi connectivity index (χ1) is 11.6. The summed E-state index contributed by atoms with van der Waals surface area (Å²) in [4.78, 5) is 18.3. The lowest BCUT2D eigenvalue weighted by Crippen LogP contribution is -2.40. The zero-order valence-electron chi connectivity index (χ0n) is 16.3. The van der Waals surface area contributed by atoms with Gasteiger partial charge in [-0.2, -0.15) is 0 Å². The van der Waals surface area contributed by atoms with Gasteiger partial charge in [-0.15, -0.1) is 0 Å². The summed E-state index contributed by atoms with van der Waals surface area (Å²) in [5, 5.41) is 5.77. The molecule has 2 N–H and O–H groups in total. The first-order valence-corrected chi connectivity index (χ1v) is 8.27. The van der Waals surface area contributed by atoms with Crippen LogP contribution in [0.4, 0.5) is 10.5 Å². The fraction of sp³-hybridized carbons (Fsp3) is 0.556. The van der Waals surface area contributed by atoms with E-state index < -0.39 is 11.7 Å². The second-order valence-corrected chi connectivity index (χ2v) is 6.84. The Balaban J connectivity index is 2.91. The number of aliphatic imine (C=N–C) groups is 1. The van der Waals surface area contributed by atoms with Crippen molar-refractivity contribution in [3.05, 3.63) is 23.8 Å². The van der Waals surface area contributed by atoms with Crippen molar-refractivity contribution in [2.75, 3.05) is 33.1 Å². The van der Waals surface area contributed by atoms with Crippen LogP contribution in [0.1, 0.15) is 33.3 Å². The number of nitrogens with one attached hydrogen (secondary N) is 2. The van der Waals surface area contributed by atoms with Gasteiger partial charge in [0.05, 0.1) is 7.11 Å². The van der Waals surface area contributed by atoms with Gasteiger partial charge in [-0.25, -0.2) is 4.79 Å². The van der Waals surface area contributed by atoms with E-state index in [-0.39, 0.29) is 0 Å². The molecule has 1 amide bonds. The number of hydrogen-bond donors (Lipinski definition) is 2. The third-order valence-corrected chi connectivity index (χ3v) is 2.97. The monoisotopic (exact) mass is 350 g/mol. The van der Waals surface area contributed by atoms with Crippen LogP contribution in [-0.4, -0.2) is 50.3 Å². The molecule has 0 atom stereocenters. The Hall–Kier alpha value is -2.28. The minimum atomic E-state index is -0.569. The first kappa shape index (κ1) is 20.8. The minimum absolute atomic E-state index is 0.345. The van der Waals surface area contributed by atoms with E-state index in [1.165, 1.54) is 0 Å². The van der Waals surface area contributed by atoms with E-state index in [0.29, 0.717) is 12.5 Å². The summed E-state index contributed by atoms with van der Waals surface area (Å²) in [6.07, 6.45) is -0.547. The molecule has 0 aliphatic rings. The molecule has 0 bridgehead atoms. The molecular weight excluding hydrogens is 320 g/mol. The summed E-state index contributed by atoms with van der Waals surface area (Å²) >= 11 is 0. The molecule has 0 radical (unpaired) electrons. The number of benzene rings is 1. The van der Waals surface area contributed by atoms with Crippen LogP contribution in [-0.2, 0) is 11.3 Å². The summed E-state index contributed by atoms with van der Waals surface area (Å²) < 4.78 is 10.7. The maximum absolute atomic E-state index is 12.0. The average Bonchev–Trinajstić information content (AvgIpc) is 2.45. The Morgan fingerprint density at radius 3 is 2.48 bits per heavy atom. The molecule has 0 unspecified atom stereocenters. The highest BCUT2D eigenvalue weighted by Crippen LogP contribution is 2.23. The van der Waals surface area contributed by atoms with Crippen LogP contribution in [0.3, 0.4) is 0 Å². The van der Waals surface area contributed by atoms with Crippen molar-refractivity contribution < 1.29 is 14.3 Å². The Morgan fingerprint density at radius 2 is 1.96 bits per heavy atom. The molecule has 7 nitrogen and oxygen atoms in total. The van der Waals surface area contributed by atoms with E-state index in [2.05, 4.69) is 20.5 Å². The number of carbonyl (C=O) groups excluding carboxylic acids is 1. The normalized spacial score (nSPS) is 12.1. The van der Waals surface area contributed by atoms with E-state index in [1.54, 1.807) is 7.11 Å². The van der Waals surface area contributed by atoms with Crippen LogP contribution in [0, 0.1) is 0 Å². The maximum atomic E-state index is 12.0. The van der Waals surface area contributed by atoms with Gasteiger partial charge in [-0.1, -0.05) is 0 Å². The van der Waals surface area contributed by atoms with E-state index in [1.807, 2.05) is 60.0 Å². The molecule has 25 heavy (non-hydrogen) atoms. The van der Waals surface area contributed by atoms with E-state index in [9.17, 15) is 4.79 Å². The van der Waals surface area contributed by atoms with Crippen molar-refractivity contribution >= 4 is 17.7 Å². The summed E-state index contributed by atoms with van der Waals surface area (Å²) in [5.74, 6) is 1.16. The summed E-state index contributed by atoms with van der Waals surface area (Å²) in [5.41, 5.74) is 1.27. The standard InChI is InChI=1S/C18H30N4O3/c1-8-19-16(21-17(23)25-18(2,3)4)20-14-9-10-15(24-7)13(11-14)12-22(5)6/h9-11H,8,12H2,1-7H3,(H2,19,20,21,23). The molecule has 7 heteroatoms. The Kier molecular flexibility index (Phi) is 7.70. The molecule has 0 saturated heterocycles. The van der Waals surface area contributed by atoms with E-state index >= 15 is 0 Å². The molecule has 1 aromatic carbocycles. The SMILES string of the molecule is CC/N=C(/NC(=O)OC(C)(C)C)Nc1ccc(OC)c(CN(C)C)c1. The molecule has 0 aliphatic heterocycles. The Labute approximate surface area is 150 Å². The third-order valence-electron chi connectivity index (χ3n) is 2.97. The largest absolute Gasteiger partial charge is 0.496 e. The summed E-state index contributed by atoms with van der Waals surface area (Å²) in [6, 6.07) is 5.74. The number of alkyl carbamates (subject to hydrolysis) is 1. The summed E-state index contributed by atoms with van der Waals surface area (Å²) in [7, 11) is 5.64. The van der Waals surface area contributed by atoms with Crippen LogP contribution in [0.15, 0.2) is 23.2 Å². The number of anilines is 1. The second-order valence-electron chi connectivity index (χ2n) is 6.84. The molecule has 0 aliphatic carbocycles. The molecule has 140 valence electrons. The number of amides is 1.